The van der Waals surface area contributed by atoms with E-state index in [2.05, 4.69) is 15.3 Å². The molecule has 25 heavy (non-hydrogen) atoms. The van der Waals surface area contributed by atoms with Crippen molar-refractivity contribution in [1.29, 1.82) is 0 Å². The predicted molar refractivity (Wildman–Crippen MR) is 80.9 cm³/mol. The number of nitrogens with one attached hydrogen (secondary N) is 1. The number of amides is 2. The van der Waals surface area contributed by atoms with Crippen LogP contribution in [0.5, 0.6) is 0 Å². The number of primary amides is 1. The molecule has 0 bridgehead atoms. The fourth-order valence-electron chi connectivity index (χ4n) is 2.17. The molecule has 7 nitrogen and oxygen atoms in total. The highest BCUT2D eigenvalue weighted by Crippen LogP contribution is 2.27. The van der Waals surface area contributed by atoms with Crippen LogP contribution in [0, 0.1) is 0 Å². The summed E-state index contributed by atoms with van der Waals surface area (Å²) in [6.45, 7) is 0. The molecule has 0 aliphatic heterocycles. The number of aromatic nitrogens is 3. The van der Waals surface area contributed by atoms with Crippen LogP contribution in [-0.2, 0) is 6.18 Å². The number of rotatable bonds is 3. The molecule has 0 saturated heterocycles. The van der Waals surface area contributed by atoms with Gasteiger partial charge in [0.05, 0.1) is 11.3 Å². The zero-order valence-corrected chi connectivity index (χ0v) is 12.4. The lowest BCUT2D eigenvalue weighted by molar-refractivity contribution is -0.141. The van der Waals surface area contributed by atoms with E-state index in [1.54, 1.807) is 6.20 Å². The molecule has 0 radical (unpaired) electrons. The lowest BCUT2D eigenvalue weighted by Crippen LogP contribution is -2.20. The van der Waals surface area contributed by atoms with E-state index in [-0.39, 0.29) is 11.3 Å². The normalized spacial score (nSPS) is 11.5. The maximum Gasteiger partial charge on any atom is 0.433 e. The lowest BCUT2D eigenvalue weighted by Gasteiger charge is -2.11. The Kier molecular flexibility index (Phi) is 3.87. The van der Waals surface area contributed by atoms with Crippen LogP contribution in [0.4, 0.5) is 18.9 Å². The summed E-state index contributed by atoms with van der Waals surface area (Å²) in [6.07, 6.45) is -0.253. The van der Waals surface area contributed by atoms with E-state index in [1.807, 2.05) is 0 Å². The molecule has 3 heterocycles. The molecule has 3 aromatic heterocycles. The minimum atomic E-state index is -4.68. The van der Waals surface area contributed by atoms with Gasteiger partial charge in [-0.25, -0.2) is 9.97 Å². The monoisotopic (exact) mass is 349 g/mol. The fourth-order valence-corrected chi connectivity index (χ4v) is 2.17. The van der Waals surface area contributed by atoms with E-state index < -0.39 is 29.4 Å². The van der Waals surface area contributed by atoms with E-state index >= 15 is 0 Å². The van der Waals surface area contributed by atoms with Crippen LogP contribution in [0.1, 0.15) is 26.5 Å². The number of nitrogens with two attached hydrogens (primary N) is 1. The minimum Gasteiger partial charge on any atom is -0.366 e. The highest BCUT2D eigenvalue weighted by molar-refractivity contribution is 6.08. The number of carbonyl (C=O) groups excluding carboxylic acids is 2. The van der Waals surface area contributed by atoms with Crippen LogP contribution in [0.2, 0.25) is 0 Å². The first kappa shape index (κ1) is 16.4. The van der Waals surface area contributed by atoms with E-state index in [4.69, 9.17) is 5.73 Å². The zero-order valence-electron chi connectivity index (χ0n) is 12.4. The SMILES string of the molecule is NC(=O)c1cc2nccn2cc1NC(=O)c1cccc(C(F)(F)F)n1. The Labute approximate surface area is 138 Å². The summed E-state index contributed by atoms with van der Waals surface area (Å²) >= 11 is 0. The number of carbonyl (C=O) groups is 2. The van der Waals surface area contributed by atoms with Gasteiger partial charge in [0.25, 0.3) is 11.8 Å². The molecular formula is C15H10F3N5O2. The minimum absolute atomic E-state index is 0.0287. The summed E-state index contributed by atoms with van der Waals surface area (Å²) in [6, 6.07) is 4.31. The largest absolute Gasteiger partial charge is 0.433 e. The lowest BCUT2D eigenvalue weighted by atomic mass is 10.2. The molecule has 10 heteroatoms. The smallest absolute Gasteiger partial charge is 0.366 e. The van der Waals surface area contributed by atoms with Gasteiger partial charge in [0.2, 0.25) is 0 Å². The third kappa shape index (κ3) is 3.27. The quantitative estimate of drug-likeness (QED) is 0.756. The van der Waals surface area contributed by atoms with Crippen molar-refractivity contribution in [2.75, 3.05) is 5.32 Å². The number of alkyl halides is 3. The van der Waals surface area contributed by atoms with Crippen LogP contribution < -0.4 is 11.1 Å². The van der Waals surface area contributed by atoms with E-state index in [9.17, 15) is 22.8 Å². The molecule has 0 spiro atoms. The summed E-state index contributed by atoms with van der Waals surface area (Å²) in [5, 5.41) is 2.35. The van der Waals surface area contributed by atoms with Gasteiger partial charge < -0.3 is 15.5 Å². The van der Waals surface area contributed by atoms with Gasteiger partial charge in [-0.2, -0.15) is 13.2 Å². The summed E-state index contributed by atoms with van der Waals surface area (Å²) < 4.78 is 39.6. The maximum atomic E-state index is 12.7. The molecule has 2 amide bonds. The van der Waals surface area contributed by atoms with Gasteiger partial charge in [-0.15, -0.1) is 0 Å². The molecule has 0 aliphatic rings. The van der Waals surface area contributed by atoms with Crippen LogP contribution in [0.15, 0.2) is 42.9 Å². The van der Waals surface area contributed by atoms with Gasteiger partial charge in [0, 0.05) is 18.6 Å². The Balaban J connectivity index is 1.97. The number of halogens is 3. The van der Waals surface area contributed by atoms with Crippen LogP contribution in [0.3, 0.4) is 0 Å². The van der Waals surface area contributed by atoms with Crippen molar-refractivity contribution in [3.8, 4) is 0 Å². The van der Waals surface area contributed by atoms with Crippen molar-refractivity contribution in [1.82, 2.24) is 14.4 Å². The Morgan fingerprint density at radius 1 is 1.24 bits per heavy atom. The standard InChI is InChI=1S/C15H10F3N5O2/c16-15(17,18)11-3-1-2-9(21-11)14(25)22-10-7-23-5-4-20-12(23)6-8(10)13(19)24/h1-7H,(H2,19,24)(H,22,25). The number of fused-ring (bicyclic) bond motifs is 1. The van der Waals surface area contributed by atoms with Crippen molar-refractivity contribution in [3.05, 3.63) is 59.8 Å². The third-order valence-electron chi connectivity index (χ3n) is 3.32. The molecular weight excluding hydrogens is 339 g/mol. The van der Waals surface area contributed by atoms with Crippen LogP contribution >= 0.6 is 0 Å². The fraction of sp³-hybridized carbons (Fsp3) is 0.0667. The van der Waals surface area contributed by atoms with Crippen molar-refractivity contribution < 1.29 is 22.8 Å². The summed E-state index contributed by atoms with van der Waals surface area (Å²) in [5.41, 5.74) is 4.06. The second-order valence-corrected chi connectivity index (χ2v) is 5.02. The Hall–Kier alpha value is -3.43. The topological polar surface area (TPSA) is 102 Å². The highest BCUT2D eigenvalue weighted by Gasteiger charge is 2.33. The average molecular weight is 349 g/mol. The third-order valence-corrected chi connectivity index (χ3v) is 3.32. The van der Waals surface area contributed by atoms with Crippen molar-refractivity contribution >= 4 is 23.1 Å². The molecule has 3 aromatic rings. The Morgan fingerprint density at radius 2 is 2.00 bits per heavy atom. The molecule has 3 N–H and O–H groups in total. The number of hydrogen-bond acceptors (Lipinski definition) is 4. The summed E-state index contributed by atoms with van der Waals surface area (Å²) in [5.74, 6) is -1.73. The zero-order chi connectivity index (χ0) is 18.2. The first-order valence-electron chi connectivity index (χ1n) is 6.88. The molecule has 0 aliphatic carbocycles. The van der Waals surface area contributed by atoms with Crippen molar-refractivity contribution in [2.24, 2.45) is 5.73 Å². The first-order chi connectivity index (χ1) is 11.8. The predicted octanol–water partition coefficient (Wildman–Crippen LogP) is 2.10. The van der Waals surface area contributed by atoms with Crippen molar-refractivity contribution in [3.63, 3.8) is 0 Å². The second-order valence-electron chi connectivity index (χ2n) is 5.02. The van der Waals surface area contributed by atoms with Gasteiger partial charge >= 0.3 is 6.18 Å². The van der Waals surface area contributed by atoms with Crippen LogP contribution in [0.25, 0.3) is 5.65 Å². The van der Waals surface area contributed by atoms with E-state index in [0.29, 0.717) is 5.65 Å². The number of imidazole rings is 1. The molecule has 0 saturated carbocycles. The molecule has 0 aromatic carbocycles. The molecule has 0 unspecified atom stereocenters. The van der Waals surface area contributed by atoms with E-state index in [0.717, 1.165) is 18.2 Å². The second kappa shape index (κ2) is 5.89. The number of hydrogen-bond donors (Lipinski definition) is 2. The van der Waals surface area contributed by atoms with Gasteiger partial charge in [0.1, 0.15) is 17.0 Å². The van der Waals surface area contributed by atoms with Crippen molar-refractivity contribution in [2.45, 2.75) is 6.18 Å². The molecule has 0 atom stereocenters. The van der Waals surface area contributed by atoms with Gasteiger partial charge in [-0.1, -0.05) is 6.07 Å². The average Bonchev–Trinajstić information content (AvgIpc) is 3.00. The van der Waals surface area contributed by atoms with Gasteiger partial charge in [-0.05, 0) is 18.2 Å². The Bertz CT molecular complexity index is 981. The summed E-state index contributed by atoms with van der Waals surface area (Å²) in [4.78, 5) is 31.1. The number of pyridine rings is 2. The summed E-state index contributed by atoms with van der Waals surface area (Å²) in [7, 11) is 0. The van der Waals surface area contributed by atoms with E-state index in [1.165, 1.54) is 22.9 Å². The molecule has 0 fully saturated rings. The number of anilines is 1. The maximum absolute atomic E-state index is 12.7. The highest BCUT2D eigenvalue weighted by atomic mass is 19.4. The van der Waals surface area contributed by atoms with Gasteiger partial charge in [-0.3, -0.25) is 9.59 Å². The Morgan fingerprint density at radius 3 is 2.68 bits per heavy atom. The first-order valence-corrected chi connectivity index (χ1v) is 6.88. The molecule has 128 valence electrons. The molecule has 3 rings (SSSR count). The van der Waals surface area contributed by atoms with Crippen LogP contribution in [-0.4, -0.2) is 26.2 Å². The van der Waals surface area contributed by atoms with Gasteiger partial charge in [0.15, 0.2) is 0 Å². The number of nitrogens with zero attached hydrogens (tertiary/aromatic N) is 3.